The number of carbonyl (C=O) groups excluding carboxylic acids is 1. The second kappa shape index (κ2) is 12.0. The molecule has 0 saturated heterocycles. The highest BCUT2D eigenvalue weighted by Gasteiger charge is 2.13. The van der Waals surface area contributed by atoms with Crippen molar-refractivity contribution in [2.75, 3.05) is 55.1 Å². The van der Waals surface area contributed by atoms with E-state index >= 15 is 0 Å². The van der Waals surface area contributed by atoms with E-state index in [9.17, 15) is 4.79 Å². The summed E-state index contributed by atoms with van der Waals surface area (Å²) < 4.78 is 16.6. The zero-order valence-corrected chi connectivity index (χ0v) is 20.6. The average molecular weight is 464 g/mol. The number of pyridine rings is 1. The fourth-order valence-electron chi connectivity index (χ4n) is 3.45. The van der Waals surface area contributed by atoms with Crippen LogP contribution in [0.3, 0.4) is 0 Å². The maximum Gasteiger partial charge on any atom is 0.253 e. The summed E-state index contributed by atoms with van der Waals surface area (Å²) in [6.45, 7) is 1.95. The van der Waals surface area contributed by atoms with E-state index in [4.69, 9.17) is 14.2 Å². The SMILES string of the molecule is COc1ccc(CCOc2cccc(-c3cccc(C(=O)N(C)CCN(C)C)c3)n2)cc1OC. The van der Waals surface area contributed by atoms with Gasteiger partial charge in [0.05, 0.1) is 26.5 Å². The van der Waals surface area contributed by atoms with E-state index < -0.39 is 0 Å². The number of hydrogen-bond donors (Lipinski definition) is 0. The van der Waals surface area contributed by atoms with Crippen LogP contribution >= 0.6 is 0 Å². The van der Waals surface area contributed by atoms with Crippen molar-refractivity contribution in [2.45, 2.75) is 6.42 Å². The van der Waals surface area contributed by atoms with Crippen molar-refractivity contribution in [1.29, 1.82) is 0 Å². The largest absolute Gasteiger partial charge is 0.493 e. The molecule has 0 atom stereocenters. The van der Waals surface area contributed by atoms with Crippen LogP contribution in [0.5, 0.6) is 17.4 Å². The summed E-state index contributed by atoms with van der Waals surface area (Å²) in [5, 5.41) is 0. The molecular formula is C27H33N3O4. The van der Waals surface area contributed by atoms with Gasteiger partial charge in [0, 0.05) is 43.8 Å². The number of aromatic nitrogens is 1. The number of rotatable bonds is 11. The minimum atomic E-state index is -0.00831. The van der Waals surface area contributed by atoms with Crippen LogP contribution in [0.2, 0.25) is 0 Å². The molecule has 7 heteroatoms. The van der Waals surface area contributed by atoms with E-state index in [0.717, 1.165) is 23.4 Å². The fraction of sp³-hybridized carbons (Fsp3) is 0.333. The van der Waals surface area contributed by atoms with Crippen molar-refractivity contribution in [3.8, 4) is 28.6 Å². The molecule has 0 radical (unpaired) electrons. The summed E-state index contributed by atoms with van der Waals surface area (Å²) in [6.07, 6.45) is 0.704. The van der Waals surface area contributed by atoms with Gasteiger partial charge in [0.15, 0.2) is 11.5 Å². The smallest absolute Gasteiger partial charge is 0.253 e. The molecule has 2 aromatic carbocycles. The van der Waals surface area contributed by atoms with Crippen molar-refractivity contribution in [1.82, 2.24) is 14.8 Å². The molecule has 1 amide bonds. The Labute approximate surface area is 201 Å². The molecule has 0 bridgehead atoms. The van der Waals surface area contributed by atoms with Gasteiger partial charge in [-0.1, -0.05) is 24.3 Å². The van der Waals surface area contributed by atoms with Gasteiger partial charge in [0.25, 0.3) is 5.91 Å². The van der Waals surface area contributed by atoms with Gasteiger partial charge in [-0.2, -0.15) is 0 Å². The Hall–Kier alpha value is -3.58. The number of likely N-dealkylation sites (N-methyl/N-ethyl adjacent to an activating group) is 2. The Morgan fingerprint density at radius 1 is 0.882 bits per heavy atom. The molecule has 0 fully saturated rings. The Morgan fingerprint density at radius 2 is 1.65 bits per heavy atom. The minimum Gasteiger partial charge on any atom is -0.493 e. The van der Waals surface area contributed by atoms with Crippen LogP contribution in [0, 0.1) is 0 Å². The van der Waals surface area contributed by atoms with Gasteiger partial charge in [-0.25, -0.2) is 4.98 Å². The lowest BCUT2D eigenvalue weighted by atomic mass is 10.1. The summed E-state index contributed by atoms with van der Waals surface area (Å²) in [7, 11) is 9.05. The van der Waals surface area contributed by atoms with Crippen molar-refractivity contribution >= 4 is 5.91 Å². The molecule has 0 saturated carbocycles. The number of ether oxygens (including phenoxy) is 3. The Bertz CT molecular complexity index is 1100. The Morgan fingerprint density at radius 3 is 2.38 bits per heavy atom. The van der Waals surface area contributed by atoms with Gasteiger partial charge in [-0.05, 0) is 50.0 Å². The van der Waals surface area contributed by atoms with E-state index in [1.807, 2.05) is 81.8 Å². The number of hydrogen-bond acceptors (Lipinski definition) is 6. The fourth-order valence-corrected chi connectivity index (χ4v) is 3.45. The van der Waals surface area contributed by atoms with Crippen LogP contribution in [0.25, 0.3) is 11.3 Å². The number of amides is 1. The first-order valence-electron chi connectivity index (χ1n) is 11.2. The number of benzene rings is 2. The third-order valence-electron chi connectivity index (χ3n) is 5.45. The summed E-state index contributed by atoms with van der Waals surface area (Å²) in [5.74, 6) is 1.93. The van der Waals surface area contributed by atoms with E-state index in [1.54, 1.807) is 19.1 Å². The van der Waals surface area contributed by atoms with Crippen LogP contribution < -0.4 is 14.2 Å². The predicted octanol–water partition coefficient (Wildman–Crippen LogP) is 4.02. The topological polar surface area (TPSA) is 64.1 Å². The molecule has 34 heavy (non-hydrogen) atoms. The van der Waals surface area contributed by atoms with Crippen molar-refractivity contribution in [3.63, 3.8) is 0 Å². The Kier molecular flexibility index (Phi) is 8.87. The first-order chi connectivity index (χ1) is 16.4. The first-order valence-corrected chi connectivity index (χ1v) is 11.2. The van der Waals surface area contributed by atoms with Gasteiger partial charge < -0.3 is 24.0 Å². The summed E-state index contributed by atoms with van der Waals surface area (Å²) in [4.78, 5) is 21.2. The maximum absolute atomic E-state index is 12.8. The van der Waals surface area contributed by atoms with Gasteiger partial charge in [-0.3, -0.25) is 4.79 Å². The zero-order chi connectivity index (χ0) is 24.5. The molecule has 7 nitrogen and oxygen atoms in total. The maximum atomic E-state index is 12.8. The second-order valence-electron chi connectivity index (χ2n) is 8.26. The molecule has 180 valence electrons. The lowest BCUT2D eigenvalue weighted by Gasteiger charge is -2.20. The molecule has 1 heterocycles. The first kappa shape index (κ1) is 25.1. The quantitative estimate of drug-likeness (QED) is 0.428. The van der Waals surface area contributed by atoms with Gasteiger partial charge in [0.1, 0.15) is 0 Å². The lowest BCUT2D eigenvalue weighted by molar-refractivity contribution is 0.0786. The monoisotopic (exact) mass is 463 g/mol. The summed E-state index contributed by atoms with van der Waals surface area (Å²) in [5.41, 5.74) is 3.35. The van der Waals surface area contributed by atoms with Crippen LogP contribution in [0.4, 0.5) is 0 Å². The number of methoxy groups -OCH3 is 2. The third-order valence-corrected chi connectivity index (χ3v) is 5.45. The predicted molar refractivity (Wildman–Crippen MR) is 134 cm³/mol. The third kappa shape index (κ3) is 6.71. The number of nitrogens with zero attached hydrogens (tertiary/aromatic N) is 3. The molecule has 0 unspecified atom stereocenters. The van der Waals surface area contributed by atoms with Gasteiger partial charge in [0.2, 0.25) is 5.88 Å². The molecule has 3 aromatic rings. The van der Waals surface area contributed by atoms with E-state index in [1.165, 1.54) is 0 Å². The molecule has 0 aliphatic carbocycles. The summed E-state index contributed by atoms with van der Waals surface area (Å²) in [6, 6.07) is 19.0. The zero-order valence-electron chi connectivity index (χ0n) is 20.6. The molecule has 3 rings (SSSR count). The molecular weight excluding hydrogens is 430 g/mol. The molecule has 0 aliphatic rings. The van der Waals surface area contributed by atoms with Crippen LogP contribution in [-0.2, 0) is 6.42 Å². The normalized spacial score (nSPS) is 10.8. The highest BCUT2D eigenvalue weighted by Crippen LogP contribution is 2.28. The molecule has 0 spiro atoms. The summed E-state index contributed by atoms with van der Waals surface area (Å²) >= 11 is 0. The van der Waals surface area contributed by atoms with Crippen LogP contribution in [-0.4, -0.2) is 75.7 Å². The second-order valence-corrected chi connectivity index (χ2v) is 8.26. The van der Waals surface area contributed by atoms with Gasteiger partial charge in [-0.15, -0.1) is 0 Å². The van der Waals surface area contributed by atoms with E-state index in [-0.39, 0.29) is 5.91 Å². The van der Waals surface area contributed by atoms with E-state index in [0.29, 0.717) is 42.5 Å². The van der Waals surface area contributed by atoms with Crippen LogP contribution in [0.1, 0.15) is 15.9 Å². The molecule has 0 aliphatic heterocycles. The molecule has 1 aromatic heterocycles. The highest BCUT2D eigenvalue weighted by atomic mass is 16.5. The van der Waals surface area contributed by atoms with Crippen LogP contribution in [0.15, 0.2) is 60.7 Å². The standard InChI is InChI=1S/C27H33N3O4/c1-29(2)15-16-30(3)27(31)22-9-6-8-21(19-22)23-10-7-11-26(28-23)34-17-14-20-12-13-24(32-4)25(18-20)33-5/h6-13,18-19H,14-17H2,1-5H3. The van der Waals surface area contributed by atoms with Gasteiger partial charge >= 0.3 is 0 Å². The van der Waals surface area contributed by atoms with Crippen molar-refractivity contribution in [3.05, 3.63) is 71.8 Å². The average Bonchev–Trinajstić information content (AvgIpc) is 2.87. The minimum absolute atomic E-state index is 0.00831. The van der Waals surface area contributed by atoms with E-state index in [2.05, 4.69) is 9.88 Å². The van der Waals surface area contributed by atoms with Crippen molar-refractivity contribution in [2.24, 2.45) is 0 Å². The molecule has 0 N–H and O–H groups in total. The highest BCUT2D eigenvalue weighted by molar-refractivity contribution is 5.95. The lowest BCUT2D eigenvalue weighted by Crippen LogP contribution is -2.33. The Balaban J connectivity index is 1.65. The van der Waals surface area contributed by atoms with Crippen molar-refractivity contribution < 1.29 is 19.0 Å². The number of carbonyl (C=O) groups is 1.